The number of ketones is 1. The molecule has 16 heavy (non-hydrogen) atoms. The lowest BCUT2D eigenvalue weighted by Gasteiger charge is -2.12. The molecule has 0 aliphatic rings. The van der Waals surface area contributed by atoms with E-state index in [0.717, 1.165) is 0 Å². The predicted molar refractivity (Wildman–Crippen MR) is 54.5 cm³/mol. The van der Waals surface area contributed by atoms with Crippen molar-refractivity contribution >= 4 is 5.78 Å². The molecule has 0 unspecified atom stereocenters. The van der Waals surface area contributed by atoms with Crippen LogP contribution in [0.5, 0.6) is 11.5 Å². The maximum absolute atomic E-state index is 12.0. The highest BCUT2D eigenvalue weighted by Gasteiger charge is 2.15. The normalized spacial score (nSPS) is 10.3. The fourth-order valence-electron chi connectivity index (χ4n) is 1.30. The van der Waals surface area contributed by atoms with Crippen molar-refractivity contribution in [1.82, 2.24) is 0 Å². The van der Waals surface area contributed by atoms with E-state index >= 15 is 0 Å². The smallest absolute Gasteiger partial charge is 0.272 e. The van der Waals surface area contributed by atoms with E-state index in [0.29, 0.717) is 5.75 Å². The third-order valence-electron chi connectivity index (χ3n) is 1.92. The van der Waals surface area contributed by atoms with Crippen LogP contribution in [0.25, 0.3) is 0 Å². The Hall–Kier alpha value is -1.65. The van der Waals surface area contributed by atoms with E-state index in [1.54, 1.807) is 12.1 Å². The number of hydrogen-bond donors (Lipinski definition) is 0. The third kappa shape index (κ3) is 2.92. The zero-order chi connectivity index (χ0) is 12.1. The molecule has 0 saturated heterocycles. The molecule has 5 heteroatoms. The molecule has 0 bridgehead atoms. The van der Waals surface area contributed by atoms with E-state index < -0.39 is 13.0 Å². The number of methoxy groups -OCH3 is 1. The summed E-state index contributed by atoms with van der Waals surface area (Å²) in [5.41, 5.74) is 0.186. The number of ether oxygens (including phenoxy) is 2. The minimum Gasteiger partial charge on any atom is -0.496 e. The maximum Gasteiger partial charge on any atom is 0.272 e. The van der Waals surface area contributed by atoms with Crippen molar-refractivity contribution in [3.8, 4) is 11.5 Å². The SMILES string of the molecule is COc1cccc(OCC(F)F)c1C(C)=O. The number of Topliss-reactive ketones (excluding diaryl/α,β-unsaturated/α-hetero) is 1. The molecule has 0 aromatic heterocycles. The molecule has 0 amide bonds. The van der Waals surface area contributed by atoms with E-state index in [1.807, 2.05) is 0 Å². The average molecular weight is 230 g/mol. The molecular formula is C11H12F2O3. The van der Waals surface area contributed by atoms with Crippen LogP contribution in [0.15, 0.2) is 18.2 Å². The predicted octanol–water partition coefficient (Wildman–Crippen LogP) is 2.54. The Labute approximate surface area is 92.0 Å². The van der Waals surface area contributed by atoms with Crippen molar-refractivity contribution in [2.75, 3.05) is 13.7 Å². The summed E-state index contributed by atoms with van der Waals surface area (Å²) in [5, 5.41) is 0. The standard InChI is InChI=1S/C11H12F2O3/c1-7(14)11-8(15-2)4-3-5-9(11)16-6-10(12)13/h3-5,10H,6H2,1-2H3. The van der Waals surface area contributed by atoms with Crippen LogP contribution >= 0.6 is 0 Å². The quantitative estimate of drug-likeness (QED) is 0.729. The molecule has 0 radical (unpaired) electrons. The van der Waals surface area contributed by atoms with E-state index in [-0.39, 0.29) is 17.1 Å². The number of rotatable bonds is 5. The highest BCUT2D eigenvalue weighted by atomic mass is 19.3. The molecule has 0 N–H and O–H groups in total. The first-order valence-corrected chi connectivity index (χ1v) is 4.65. The molecule has 0 aliphatic carbocycles. The first kappa shape index (κ1) is 12.4. The van der Waals surface area contributed by atoms with E-state index in [4.69, 9.17) is 9.47 Å². The van der Waals surface area contributed by atoms with Gasteiger partial charge in [-0.25, -0.2) is 8.78 Å². The van der Waals surface area contributed by atoms with Gasteiger partial charge >= 0.3 is 0 Å². The van der Waals surface area contributed by atoms with Crippen molar-refractivity contribution in [3.05, 3.63) is 23.8 Å². The second kappa shape index (κ2) is 5.44. The van der Waals surface area contributed by atoms with Crippen molar-refractivity contribution < 1.29 is 23.0 Å². The second-order valence-electron chi connectivity index (χ2n) is 3.09. The Bertz CT molecular complexity index is 377. The molecule has 1 aromatic rings. The number of alkyl halides is 2. The lowest BCUT2D eigenvalue weighted by Crippen LogP contribution is -2.10. The average Bonchev–Trinajstić information content (AvgIpc) is 2.25. The van der Waals surface area contributed by atoms with Gasteiger partial charge in [0.1, 0.15) is 23.7 Å². The summed E-state index contributed by atoms with van der Waals surface area (Å²) < 4.78 is 33.8. The summed E-state index contributed by atoms with van der Waals surface area (Å²) in [4.78, 5) is 11.3. The summed E-state index contributed by atoms with van der Waals surface area (Å²) in [7, 11) is 1.40. The van der Waals surface area contributed by atoms with Crippen LogP contribution in [0.1, 0.15) is 17.3 Å². The highest BCUT2D eigenvalue weighted by molar-refractivity contribution is 5.99. The number of halogens is 2. The molecule has 0 heterocycles. The van der Waals surface area contributed by atoms with Crippen LogP contribution < -0.4 is 9.47 Å². The molecule has 0 atom stereocenters. The molecule has 88 valence electrons. The number of carbonyl (C=O) groups excluding carboxylic acids is 1. The monoisotopic (exact) mass is 230 g/mol. The number of hydrogen-bond acceptors (Lipinski definition) is 3. The van der Waals surface area contributed by atoms with Crippen LogP contribution in [-0.2, 0) is 0 Å². The lowest BCUT2D eigenvalue weighted by molar-refractivity contribution is 0.0800. The summed E-state index contributed by atoms with van der Waals surface area (Å²) in [5.74, 6) is 0.146. The minimum atomic E-state index is -2.58. The van der Waals surface area contributed by atoms with Gasteiger partial charge in [-0.3, -0.25) is 4.79 Å². The summed E-state index contributed by atoms with van der Waals surface area (Å²) >= 11 is 0. The fourth-order valence-corrected chi connectivity index (χ4v) is 1.30. The molecular weight excluding hydrogens is 218 g/mol. The molecule has 0 aliphatic heterocycles. The van der Waals surface area contributed by atoms with Crippen LogP contribution in [0.4, 0.5) is 8.78 Å². The van der Waals surface area contributed by atoms with Gasteiger partial charge in [0.05, 0.1) is 7.11 Å². The molecule has 1 aromatic carbocycles. The zero-order valence-electron chi connectivity index (χ0n) is 9.00. The topological polar surface area (TPSA) is 35.5 Å². The lowest BCUT2D eigenvalue weighted by atomic mass is 10.1. The van der Waals surface area contributed by atoms with E-state index in [1.165, 1.54) is 20.1 Å². The van der Waals surface area contributed by atoms with Crippen molar-refractivity contribution in [1.29, 1.82) is 0 Å². The van der Waals surface area contributed by atoms with Crippen LogP contribution in [0.2, 0.25) is 0 Å². The van der Waals surface area contributed by atoms with Gasteiger partial charge in [0.15, 0.2) is 5.78 Å². The van der Waals surface area contributed by atoms with Crippen molar-refractivity contribution in [3.63, 3.8) is 0 Å². The molecule has 1 rings (SSSR count). The third-order valence-corrected chi connectivity index (χ3v) is 1.92. The second-order valence-corrected chi connectivity index (χ2v) is 3.09. The van der Waals surface area contributed by atoms with E-state index in [9.17, 15) is 13.6 Å². The van der Waals surface area contributed by atoms with Crippen LogP contribution in [0, 0.1) is 0 Å². The van der Waals surface area contributed by atoms with Gasteiger partial charge in [0, 0.05) is 0 Å². The summed E-state index contributed by atoms with van der Waals surface area (Å²) in [6, 6.07) is 4.61. The maximum atomic E-state index is 12.0. The van der Waals surface area contributed by atoms with Gasteiger partial charge < -0.3 is 9.47 Å². The summed E-state index contributed by atoms with van der Waals surface area (Å²) in [6.45, 7) is 0.584. The van der Waals surface area contributed by atoms with Gasteiger partial charge in [-0.1, -0.05) is 6.07 Å². The molecule has 0 spiro atoms. The van der Waals surface area contributed by atoms with Gasteiger partial charge in [-0.2, -0.15) is 0 Å². The molecule has 0 saturated carbocycles. The Morgan fingerprint density at radius 1 is 1.38 bits per heavy atom. The van der Waals surface area contributed by atoms with Crippen molar-refractivity contribution in [2.45, 2.75) is 13.3 Å². The fraction of sp³-hybridized carbons (Fsp3) is 0.364. The molecule has 3 nitrogen and oxygen atoms in total. The van der Waals surface area contributed by atoms with Gasteiger partial charge in [0.25, 0.3) is 6.43 Å². The number of benzene rings is 1. The first-order chi connectivity index (χ1) is 7.56. The zero-order valence-corrected chi connectivity index (χ0v) is 9.00. The Morgan fingerprint density at radius 2 is 2.00 bits per heavy atom. The van der Waals surface area contributed by atoms with Crippen LogP contribution in [-0.4, -0.2) is 25.9 Å². The molecule has 0 fully saturated rings. The van der Waals surface area contributed by atoms with E-state index in [2.05, 4.69) is 0 Å². The number of carbonyl (C=O) groups is 1. The minimum absolute atomic E-state index is 0.118. The largest absolute Gasteiger partial charge is 0.496 e. The Kier molecular flexibility index (Phi) is 4.22. The Balaban J connectivity index is 3.02. The van der Waals surface area contributed by atoms with Gasteiger partial charge in [0.2, 0.25) is 0 Å². The highest BCUT2D eigenvalue weighted by Crippen LogP contribution is 2.28. The van der Waals surface area contributed by atoms with Gasteiger partial charge in [-0.15, -0.1) is 0 Å². The summed E-state index contributed by atoms with van der Waals surface area (Å²) in [6.07, 6.45) is -2.58. The first-order valence-electron chi connectivity index (χ1n) is 4.65. The Morgan fingerprint density at radius 3 is 2.50 bits per heavy atom. The van der Waals surface area contributed by atoms with Gasteiger partial charge in [-0.05, 0) is 19.1 Å². The van der Waals surface area contributed by atoms with Crippen molar-refractivity contribution in [2.24, 2.45) is 0 Å². The van der Waals surface area contributed by atoms with Crippen LogP contribution in [0.3, 0.4) is 0 Å².